The minimum absolute atomic E-state index is 0. The average molecular weight is 612 g/mol. The normalized spacial score (nSPS) is 11.2. The Morgan fingerprint density at radius 3 is 1.91 bits per heavy atom. The molecular weight excluding hydrogens is 570 g/mol. The van der Waals surface area contributed by atoms with Crippen LogP contribution >= 0.6 is 0 Å². The predicted molar refractivity (Wildman–Crippen MR) is 175 cm³/mol. The summed E-state index contributed by atoms with van der Waals surface area (Å²) in [6.07, 6.45) is 5.00. The summed E-state index contributed by atoms with van der Waals surface area (Å²) in [6.45, 7) is 1.97. The highest BCUT2D eigenvalue weighted by Crippen LogP contribution is 2.36. The van der Waals surface area contributed by atoms with E-state index in [9.17, 15) is 4.79 Å². The van der Waals surface area contributed by atoms with E-state index in [2.05, 4.69) is 21.1 Å². The smallest absolute Gasteiger partial charge is 0.196 e. The first-order valence-electron chi connectivity index (χ1n) is 15.2. The molecule has 5 nitrogen and oxygen atoms in total. The maximum Gasteiger partial charge on any atom is 0.196 e. The summed E-state index contributed by atoms with van der Waals surface area (Å²) in [5.41, 5.74) is 4.29. The molecule has 0 unspecified atom stereocenters. The Kier molecular flexibility index (Phi) is 11.6. The molecule has 230 valence electrons. The predicted octanol–water partition coefficient (Wildman–Crippen LogP) is 5.43. The first kappa shape index (κ1) is 32.8. The number of quaternary nitrogens is 1. The van der Waals surface area contributed by atoms with Crippen molar-refractivity contribution in [3.63, 3.8) is 0 Å². The quantitative estimate of drug-likeness (QED) is 0.124. The molecule has 0 bridgehead atoms. The monoisotopic (exact) mass is 611 g/mol. The highest BCUT2D eigenvalue weighted by molar-refractivity contribution is 5.80. The third-order valence-electron chi connectivity index (χ3n) is 7.58. The summed E-state index contributed by atoms with van der Waals surface area (Å²) in [6, 6.07) is 33.5. The molecule has 0 aliphatic carbocycles. The Hall–Kier alpha value is -4.06. The van der Waals surface area contributed by atoms with Gasteiger partial charge in [-0.3, -0.25) is 4.79 Å². The molecule has 5 rings (SSSR count). The van der Waals surface area contributed by atoms with Crippen LogP contribution in [0.1, 0.15) is 42.4 Å². The maximum atomic E-state index is 13.8. The van der Waals surface area contributed by atoms with E-state index in [0.29, 0.717) is 47.9 Å². The second-order valence-corrected chi connectivity index (χ2v) is 12.1. The van der Waals surface area contributed by atoms with E-state index in [1.54, 1.807) is 0 Å². The second-order valence-electron chi connectivity index (χ2n) is 12.1. The molecule has 0 saturated carbocycles. The number of fused-ring (bicyclic) bond motifs is 1. The van der Waals surface area contributed by atoms with Gasteiger partial charge in [-0.05, 0) is 67.1 Å². The molecule has 1 aromatic heterocycles. The molecule has 44 heavy (non-hydrogen) atoms. The summed E-state index contributed by atoms with van der Waals surface area (Å²) in [7, 11) is 6.67. The minimum atomic E-state index is 0. The van der Waals surface area contributed by atoms with Crippen molar-refractivity contribution in [3.8, 4) is 22.8 Å². The summed E-state index contributed by atoms with van der Waals surface area (Å²) < 4.78 is 20.0. The lowest BCUT2D eigenvalue weighted by Crippen LogP contribution is -3.00. The molecule has 0 atom stereocenters. The van der Waals surface area contributed by atoms with Crippen LogP contribution in [-0.4, -0.2) is 32.2 Å². The number of ether oxygens (including phenoxy) is 2. The lowest BCUT2D eigenvalue weighted by Gasteiger charge is -2.23. The highest BCUT2D eigenvalue weighted by atomic mass is 35.5. The van der Waals surface area contributed by atoms with Gasteiger partial charge in [0, 0.05) is 11.1 Å². The van der Waals surface area contributed by atoms with E-state index >= 15 is 0 Å². The summed E-state index contributed by atoms with van der Waals surface area (Å²) in [5, 5.41) is 0.620. The number of rotatable bonds is 14. The van der Waals surface area contributed by atoms with Gasteiger partial charge in [0.2, 0.25) is 0 Å². The third kappa shape index (κ3) is 8.98. The van der Waals surface area contributed by atoms with E-state index in [-0.39, 0.29) is 17.8 Å². The molecule has 0 radical (unpaired) electrons. The Bertz CT molecular complexity index is 1680. The highest BCUT2D eigenvalue weighted by Gasteiger charge is 2.18. The lowest BCUT2D eigenvalue weighted by molar-refractivity contribution is -0.870. The van der Waals surface area contributed by atoms with Crippen LogP contribution < -0.4 is 27.3 Å². The second kappa shape index (κ2) is 15.6. The van der Waals surface area contributed by atoms with Crippen LogP contribution in [0.25, 0.3) is 22.3 Å². The van der Waals surface area contributed by atoms with Crippen molar-refractivity contribution in [2.24, 2.45) is 0 Å². The van der Waals surface area contributed by atoms with E-state index in [4.69, 9.17) is 13.9 Å². The molecule has 5 aromatic rings. The molecular formula is C38H42ClNO4. The van der Waals surface area contributed by atoms with Gasteiger partial charge in [0.05, 0.1) is 33.1 Å². The van der Waals surface area contributed by atoms with Gasteiger partial charge in [-0.2, -0.15) is 0 Å². The zero-order chi connectivity index (χ0) is 30.1. The van der Waals surface area contributed by atoms with Gasteiger partial charge in [0.25, 0.3) is 0 Å². The van der Waals surface area contributed by atoms with Gasteiger partial charge in [-0.15, -0.1) is 0 Å². The SMILES string of the molecule is C[N+](C)(C)CCCCCCc1c(-c2ccc(OCc3ccccc3)c(OCc3ccccc3)c2)oc2ccccc2c1=O.[Cl-]. The van der Waals surface area contributed by atoms with Crippen molar-refractivity contribution in [1.29, 1.82) is 0 Å². The fourth-order valence-electron chi connectivity index (χ4n) is 5.23. The van der Waals surface area contributed by atoms with Crippen LogP contribution in [0.3, 0.4) is 0 Å². The Morgan fingerprint density at radius 2 is 1.25 bits per heavy atom. The summed E-state index contributed by atoms with van der Waals surface area (Å²) in [5.74, 6) is 1.86. The topological polar surface area (TPSA) is 48.7 Å². The molecule has 0 aliphatic rings. The molecule has 1 heterocycles. The van der Waals surface area contributed by atoms with Crippen LogP contribution in [-0.2, 0) is 19.6 Å². The van der Waals surface area contributed by atoms with Crippen molar-refractivity contribution >= 4 is 11.0 Å². The van der Waals surface area contributed by atoms with Crippen LogP contribution in [0, 0.1) is 0 Å². The van der Waals surface area contributed by atoms with Crippen molar-refractivity contribution in [3.05, 3.63) is 130 Å². The molecule has 0 spiro atoms. The van der Waals surface area contributed by atoms with Crippen LogP contribution in [0.2, 0.25) is 0 Å². The number of benzene rings is 4. The first-order chi connectivity index (χ1) is 20.9. The van der Waals surface area contributed by atoms with Crippen molar-refractivity contribution in [2.45, 2.75) is 45.3 Å². The lowest BCUT2D eigenvalue weighted by atomic mass is 9.99. The zero-order valence-corrected chi connectivity index (χ0v) is 26.7. The molecule has 0 aliphatic heterocycles. The van der Waals surface area contributed by atoms with Crippen LogP contribution in [0.15, 0.2) is 112 Å². The number of unbranched alkanes of at least 4 members (excludes halogenated alkanes) is 3. The molecule has 0 fully saturated rings. The standard InChI is InChI=1S/C38H42NO4.ClH/c1-39(2,3)25-15-5-4-12-21-33-37(40)32-20-13-14-22-34(32)43-38(33)31-23-24-35(41-27-29-16-8-6-9-17-29)36(26-31)42-28-30-18-10-7-11-19-30;/h6-11,13-14,16-20,22-24,26H,4-5,12,15,21,25,27-28H2,1-3H3;1H/q+1;/p-1. The molecule has 0 amide bonds. The third-order valence-corrected chi connectivity index (χ3v) is 7.58. The van der Waals surface area contributed by atoms with Crippen LogP contribution in [0.4, 0.5) is 0 Å². The number of halogens is 1. The number of hydrogen-bond acceptors (Lipinski definition) is 4. The van der Waals surface area contributed by atoms with E-state index < -0.39 is 0 Å². The summed E-state index contributed by atoms with van der Waals surface area (Å²) >= 11 is 0. The van der Waals surface area contributed by atoms with E-state index in [1.165, 1.54) is 6.42 Å². The number of hydrogen-bond donors (Lipinski definition) is 0. The molecule has 6 heteroatoms. The van der Waals surface area contributed by atoms with Gasteiger partial charge in [-0.1, -0.05) is 79.2 Å². The van der Waals surface area contributed by atoms with Crippen molar-refractivity contribution in [2.75, 3.05) is 27.7 Å². The number of nitrogens with zero attached hydrogens (tertiary/aromatic N) is 1. The van der Waals surface area contributed by atoms with Crippen molar-refractivity contribution < 1.29 is 30.8 Å². The molecule has 4 aromatic carbocycles. The zero-order valence-electron chi connectivity index (χ0n) is 25.9. The molecule has 0 saturated heterocycles. The summed E-state index contributed by atoms with van der Waals surface area (Å²) in [4.78, 5) is 13.8. The number of para-hydroxylation sites is 1. The van der Waals surface area contributed by atoms with E-state index in [0.717, 1.165) is 52.5 Å². The first-order valence-corrected chi connectivity index (χ1v) is 15.2. The fourth-order valence-corrected chi connectivity index (χ4v) is 5.23. The van der Waals surface area contributed by atoms with Gasteiger partial charge in [0.15, 0.2) is 16.9 Å². The minimum Gasteiger partial charge on any atom is -1.00 e. The van der Waals surface area contributed by atoms with Crippen LogP contribution in [0.5, 0.6) is 11.5 Å². The fraction of sp³-hybridized carbons (Fsp3) is 0.289. The van der Waals surface area contributed by atoms with Gasteiger partial charge in [0.1, 0.15) is 24.6 Å². The van der Waals surface area contributed by atoms with Gasteiger partial charge >= 0.3 is 0 Å². The maximum absolute atomic E-state index is 13.8. The average Bonchev–Trinajstić information content (AvgIpc) is 3.02. The van der Waals surface area contributed by atoms with Gasteiger partial charge in [-0.25, -0.2) is 0 Å². The van der Waals surface area contributed by atoms with Gasteiger partial charge < -0.3 is 30.8 Å². The van der Waals surface area contributed by atoms with E-state index in [1.807, 2.05) is 103 Å². The Labute approximate surface area is 267 Å². The Morgan fingerprint density at radius 1 is 0.659 bits per heavy atom. The van der Waals surface area contributed by atoms with Crippen molar-refractivity contribution in [1.82, 2.24) is 0 Å². The molecule has 0 N–H and O–H groups in total. The largest absolute Gasteiger partial charge is 1.00 e. The Balaban J connectivity index is 0.00000442.